The number of amides is 2. The van der Waals surface area contributed by atoms with Crippen molar-refractivity contribution in [1.82, 2.24) is 20.9 Å². The summed E-state index contributed by atoms with van der Waals surface area (Å²) in [4.78, 5) is 51.7. The van der Waals surface area contributed by atoms with Gasteiger partial charge >= 0.3 is 11.9 Å². The fourth-order valence-electron chi connectivity index (χ4n) is 7.16. The zero-order valence-corrected chi connectivity index (χ0v) is 27.4. The summed E-state index contributed by atoms with van der Waals surface area (Å²) in [6.07, 6.45) is 4.40. The van der Waals surface area contributed by atoms with Gasteiger partial charge in [-0.15, -0.1) is 0 Å². The molecule has 3 unspecified atom stereocenters. The van der Waals surface area contributed by atoms with E-state index < -0.39 is 11.9 Å². The smallest absolute Gasteiger partial charge is 0.303 e. The maximum atomic E-state index is 12.5. The molecule has 0 aromatic carbocycles. The molecule has 4 heterocycles. The number of hydrogen-bond donors (Lipinski definition) is 7. The number of rotatable bonds is 13. The van der Waals surface area contributed by atoms with Crippen LogP contribution in [0.25, 0.3) is 0 Å². The Bertz CT molecular complexity index is 1440. The van der Waals surface area contributed by atoms with Gasteiger partial charge in [-0.1, -0.05) is 27.7 Å². The monoisotopic (exact) mass is 626 g/mol. The largest absolute Gasteiger partial charge is 0.481 e. The first-order valence-electron chi connectivity index (χ1n) is 15.6. The van der Waals surface area contributed by atoms with Gasteiger partial charge in [0.1, 0.15) is 0 Å². The maximum Gasteiger partial charge on any atom is 0.303 e. The number of carboxylic acid groups (broad SMARTS) is 2. The van der Waals surface area contributed by atoms with Crippen molar-refractivity contribution >= 4 is 36.4 Å². The molecule has 44 heavy (non-hydrogen) atoms. The second kappa shape index (κ2) is 13.7. The summed E-state index contributed by atoms with van der Waals surface area (Å²) in [6, 6.07) is -0.336. The molecule has 1 fully saturated rings. The Kier molecular flexibility index (Phi) is 10.4. The molecule has 11 heteroatoms. The number of aromatic amines is 1. The molecule has 10 nitrogen and oxygen atoms in total. The summed E-state index contributed by atoms with van der Waals surface area (Å²) in [5, 5.41) is 28.7. The van der Waals surface area contributed by atoms with E-state index in [1.807, 2.05) is 41.5 Å². The second-order valence-corrected chi connectivity index (χ2v) is 13.3. The molecule has 2 amide bonds. The number of carboxylic acids is 2. The normalized spacial score (nSPS) is 26.8. The zero-order chi connectivity index (χ0) is 32.5. The lowest BCUT2D eigenvalue weighted by molar-refractivity contribution is -0.138. The number of thiol groups is 1. The van der Waals surface area contributed by atoms with E-state index in [1.165, 1.54) is 0 Å². The zero-order valence-electron chi connectivity index (χ0n) is 26.5. The molecule has 240 valence electrons. The Balaban J connectivity index is 1.68. The lowest BCUT2D eigenvalue weighted by Gasteiger charge is -2.23. The van der Waals surface area contributed by atoms with Crippen LogP contribution in [0.5, 0.6) is 0 Å². The third-order valence-electron chi connectivity index (χ3n) is 9.76. The van der Waals surface area contributed by atoms with E-state index in [1.54, 1.807) is 0 Å². The van der Waals surface area contributed by atoms with Gasteiger partial charge < -0.3 is 31.1 Å². The van der Waals surface area contributed by atoms with Crippen LogP contribution in [0.15, 0.2) is 34.2 Å². The molecule has 1 aromatic rings. The van der Waals surface area contributed by atoms with Crippen LogP contribution in [0, 0.1) is 24.7 Å². The summed E-state index contributed by atoms with van der Waals surface area (Å²) < 4.78 is 0. The number of H-pyrrole nitrogens is 1. The van der Waals surface area contributed by atoms with E-state index in [-0.39, 0.29) is 59.7 Å². The van der Waals surface area contributed by atoms with Crippen LogP contribution in [-0.2, 0) is 38.4 Å². The molecule has 6 N–H and O–H groups in total. The summed E-state index contributed by atoms with van der Waals surface area (Å²) in [5.74, 6) is -2.05. The molecular weight excluding hydrogens is 580 g/mol. The minimum absolute atomic E-state index is 0.00457. The van der Waals surface area contributed by atoms with Gasteiger partial charge in [0.25, 0.3) is 0 Å². The third-order valence-corrected chi connectivity index (χ3v) is 10.1. The van der Waals surface area contributed by atoms with Crippen molar-refractivity contribution in [2.24, 2.45) is 17.8 Å². The average molecular weight is 627 g/mol. The predicted octanol–water partition coefficient (Wildman–Crippen LogP) is 3.96. The Labute approximate surface area is 264 Å². The van der Waals surface area contributed by atoms with Gasteiger partial charge in [0, 0.05) is 77.0 Å². The van der Waals surface area contributed by atoms with Gasteiger partial charge in [0.05, 0.1) is 12.1 Å². The highest BCUT2D eigenvalue weighted by Gasteiger charge is 2.41. The number of aromatic nitrogens is 1. The predicted molar refractivity (Wildman–Crippen MR) is 171 cm³/mol. The highest BCUT2D eigenvalue weighted by molar-refractivity contribution is 7.80. The quantitative estimate of drug-likeness (QED) is 0.163. The van der Waals surface area contributed by atoms with Gasteiger partial charge in [-0.05, 0) is 61.5 Å². The van der Waals surface area contributed by atoms with Crippen LogP contribution in [-0.4, -0.2) is 56.3 Å². The molecular formula is C33H46N4O6S. The van der Waals surface area contributed by atoms with Crippen LogP contribution in [0.4, 0.5) is 0 Å². The summed E-state index contributed by atoms with van der Waals surface area (Å²) in [7, 11) is 0. The van der Waals surface area contributed by atoms with Crippen molar-refractivity contribution in [3.8, 4) is 0 Å². The minimum atomic E-state index is -0.882. The van der Waals surface area contributed by atoms with Gasteiger partial charge in [0.2, 0.25) is 11.8 Å². The molecule has 0 saturated carbocycles. The maximum absolute atomic E-state index is 12.5. The molecule has 6 atom stereocenters. The topological polar surface area (TPSA) is 161 Å². The minimum Gasteiger partial charge on any atom is -0.481 e. The Morgan fingerprint density at radius 1 is 1.02 bits per heavy atom. The molecule has 4 rings (SSSR count). The number of carbonyl (C=O) groups is 4. The Morgan fingerprint density at radius 3 is 2.27 bits per heavy atom. The van der Waals surface area contributed by atoms with Crippen LogP contribution in [0.1, 0.15) is 82.8 Å². The summed E-state index contributed by atoms with van der Waals surface area (Å²) >= 11 is 4.66. The summed E-state index contributed by atoms with van der Waals surface area (Å²) in [6.45, 7) is 11.9. The van der Waals surface area contributed by atoms with E-state index in [9.17, 15) is 29.4 Å². The fraction of sp³-hybridized carbons (Fsp3) is 0.576. The number of hydrogen-bond acceptors (Lipinski definition) is 6. The molecule has 0 bridgehead atoms. The molecule has 0 spiro atoms. The number of allylic oxidation sites excluding steroid dienone is 2. The molecule has 1 aromatic heterocycles. The lowest BCUT2D eigenvalue weighted by atomic mass is 9.87. The fourth-order valence-corrected chi connectivity index (χ4v) is 7.60. The Morgan fingerprint density at radius 2 is 1.68 bits per heavy atom. The standard InChI is InChI=1S/C33H46N4O6S/c1-7-20-15(2)25(36-33(20)43)12-23-16(3)21(8-10-29(38)39)26(34-23)14-27-22(9-11-30(40)41)17(4)24(35-27)13-28-31(19(6)44)18(5)32(42)37-28/h13,17-19,25,28,31,34-35,44H,7-12,14H2,1-6H3,(H,36,43)(H,37,42)(H,38,39)(H,40,41)/b24-13+/t17?,18-,19+,25?,28?,31+/m1/s1. The average Bonchev–Trinajstić information content (AvgIpc) is 3.59. The van der Waals surface area contributed by atoms with E-state index >= 15 is 0 Å². The SMILES string of the molecule is CCC1=C(C)C(Cc2[nH]c(CC3=C(CCC(=O)O)C(C)/C(=C\C4NC(=O)[C@H](C)[C@H]4[C@H](C)S)N3)c(CCC(=O)O)c2C)NC1=O. The van der Waals surface area contributed by atoms with Crippen LogP contribution < -0.4 is 16.0 Å². The van der Waals surface area contributed by atoms with E-state index in [2.05, 4.69) is 39.6 Å². The molecule has 3 aliphatic heterocycles. The van der Waals surface area contributed by atoms with Crippen molar-refractivity contribution < 1.29 is 29.4 Å². The van der Waals surface area contributed by atoms with Crippen molar-refractivity contribution in [1.29, 1.82) is 0 Å². The highest BCUT2D eigenvalue weighted by Crippen LogP contribution is 2.37. The Hall–Kier alpha value is -3.47. The molecule has 0 aliphatic carbocycles. The van der Waals surface area contributed by atoms with Gasteiger partial charge in [-0.3, -0.25) is 19.2 Å². The number of nitrogens with one attached hydrogen (secondary N) is 4. The molecule has 3 aliphatic rings. The highest BCUT2D eigenvalue weighted by atomic mass is 32.1. The lowest BCUT2D eigenvalue weighted by Crippen LogP contribution is -2.32. The molecule has 0 radical (unpaired) electrons. The molecule has 1 saturated heterocycles. The van der Waals surface area contributed by atoms with E-state index in [4.69, 9.17) is 0 Å². The van der Waals surface area contributed by atoms with Gasteiger partial charge in [0.15, 0.2) is 0 Å². The van der Waals surface area contributed by atoms with Crippen molar-refractivity contribution in [3.05, 3.63) is 56.7 Å². The van der Waals surface area contributed by atoms with E-state index in [0.29, 0.717) is 32.1 Å². The second-order valence-electron chi connectivity index (χ2n) is 12.5. The van der Waals surface area contributed by atoms with E-state index in [0.717, 1.165) is 50.6 Å². The number of carbonyl (C=O) groups excluding carboxylic acids is 2. The van der Waals surface area contributed by atoms with Gasteiger partial charge in [-0.25, -0.2) is 0 Å². The van der Waals surface area contributed by atoms with Crippen LogP contribution >= 0.6 is 12.6 Å². The van der Waals surface area contributed by atoms with Crippen molar-refractivity contribution in [2.45, 2.75) is 104 Å². The summed E-state index contributed by atoms with van der Waals surface area (Å²) in [5.41, 5.74) is 8.37. The first-order valence-corrected chi connectivity index (χ1v) is 16.1. The van der Waals surface area contributed by atoms with Crippen molar-refractivity contribution in [2.75, 3.05) is 0 Å². The van der Waals surface area contributed by atoms with Crippen LogP contribution in [0.2, 0.25) is 0 Å². The van der Waals surface area contributed by atoms with Crippen LogP contribution in [0.3, 0.4) is 0 Å². The number of aliphatic carboxylic acids is 2. The first-order chi connectivity index (χ1) is 20.7. The van der Waals surface area contributed by atoms with Crippen molar-refractivity contribution in [3.63, 3.8) is 0 Å². The van der Waals surface area contributed by atoms with Gasteiger partial charge in [-0.2, -0.15) is 12.6 Å². The first kappa shape index (κ1) is 33.4. The third kappa shape index (κ3) is 6.92.